The number of carbonyl (C=O) groups is 1. The average Bonchev–Trinajstić information content (AvgIpc) is 2.93. The van der Waals surface area contributed by atoms with Crippen LogP contribution >= 0.6 is 0 Å². The molecule has 1 aromatic heterocycles. The first-order valence-electron chi connectivity index (χ1n) is 10.5. The number of likely N-dealkylation sites (tertiary alicyclic amines) is 1. The van der Waals surface area contributed by atoms with Crippen LogP contribution in [0.15, 0.2) is 24.3 Å². The maximum absolute atomic E-state index is 13.0. The number of carbonyl (C=O) groups excluding carboxylic acids is 1. The second-order valence-electron chi connectivity index (χ2n) is 8.52. The van der Waals surface area contributed by atoms with Gasteiger partial charge in [0, 0.05) is 25.1 Å². The van der Waals surface area contributed by atoms with Gasteiger partial charge in [0.1, 0.15) is 23.0 Å². The summed E-state index contributed by atoms with van der Waals surface area (Å²) in [7, 11) is -3.42. The largest absolute Gasteiger partial charge is 0.484 e. The Kier molecular flexibility index (Phi) is 5.78. The van der Waals surface area contributed by atoms with Gasteiger partial charge >= 0.3 is 0 Å². The van der Waals surface area contributed by atoms with Crippen LogP contribution in [0, 0.1) is 13.8 Å². The first kappa shape index (κ1) is 21.8. The third kappa shape index (κ3) is 4.74. The summed E-state index contributed by atoms with van der Waals surface area (Å²) in [6.07, 6.45) is 2.99. The van der Waals surface area contributed by atoms with E-state index in [1.54, 1.807) is 9.58 Å². The molecule has 31 heavy (non-hydrogen) atoms. The monoisotopic (exact) mass is 447 g/mol. The van der Waals surface area contributed by atoms with Crippen molar-refractivity contribution in [3.63, 3.8) is 0 Å². The Morgan fingerprint density at radius 2 is 2.00 bits per heavy atom. The van der Waals surface area contributed by atoms with Crippen LogP contribution in [0.4, 0.5) is 0 Å². The third-order valence-corrected chi connectivity index (χ3v) is 7.17. The van der Waals surface area contributed by atoms with Crippen LogP contribution in [0.5, 0.6) is 5.75 Å². The van der Waals surface area contributed by atoms with E-state index in [4.69, 9.17) is 4.74 Å². The van der Waals surface area contributed by atoms with Crippen molar-refractivity contribution >= 4 is 15.9 Å². The van der Waals surface area contributed by atoms with Gasteiger partial charge in [-0.3, -0.25) is 4.79 Å². The van der Waals surface area contributed by atoms with Crippen molar-refractivity contribution in [2.24, 2.45) is 0 Å². The van der Waals surface area contributed by atoms with Gasteiger partial charge in [-0.1, -0.05) is 18.2 Å². The average molecular weight is 448 g/mol. The molecule has 0 aliphatic carbocycles. The Morgan fingerprint density at radius 3 is 2.71 bits per heavy atom. The van der Waals surface area contributed by atoms with Crippen LogP contribution < -0.4 is 4.74 Å². The molecule has 10 heteroatoms. The summed E-state index contributed by atoms with van der Waals surface area (Å²) in [5.41, 5.74) is 0.0777. The molecule has 168 valence electrons. The molecule has 2 aliphatic rings. The molecular weight excluding hydrogens is 418 g/mol. The number of amides is 1. The van der Waals surface area contributed by atoms with Crippen molar-refractivity contribution in [1.82, 2.24) is 24.0 Å². The van der Waals surface area contributed by atoms with Gasteiger partial charge in [0.05, 0.1) is 25.9 Å². The molecule has 1 unspecified atom stereocenters. The van der Waals surface area contributed by atoms with E-state index < -0.39 is 15.6 Å². The molecule has 0 radical (unpaired) electrons. The Hall–Kier alpha value is -2.46. The van der Waals surface area contributed by atoms with E-state index in [0.717, 1.165) is 17.8 Å². The molecule has 2 aliphatic heterocycles. The topological polar surface area (TPSA) is 97.6 Å². The number of sulfonamides is 1. The highest BCUT2D eigenvalue weighted by molar-refractivity contribution is 7.88. The van der Waals surface area contributed by atoms with Crippen molar-refractivity contribution < 1.29 is 17.9 Å². The quantitative estimate of drug-likeness (QED) is 0.705. The Bertz CT molecular complexity index is 1080. The van der Waals surface area contributed by atoms with E-state index in [1.807, 2.05) is 38.1 Å². The van der Waals surface area contributed by atoms with E-state index >= 15 is 0 Å². The molecule has 1 atom stereocenters. The van der Waals surface area contributed by atoms with Crippen LogP contribution in [0.2, 0.25) is 0 Å². The van der Waals surface area contributed by atoms with Crippen LogP contribution in [0.1, 0.15) is 36.5 Å². The number of para-hydroxylation sites is 1. The minimum Gasteiger partial charge on any atom is -0.484 e. The number of ether oxygens (including phenoxy) is 1. The number of aromatic nitrogens is 3. The van der Waals surface area contributed by atoms with Gasteiger partial charge in [-0.25, -0.2) is 18.1 Å². The molecule has 0 bridgehead atoms. The number of nitrogens with zero attached hydrogens (tertiary/aromatic N) is 5. The molecule has 2 aromatic rings. The van der Waals surface area contributed by atoms with Crippen molar-refractivity contribution in [2.75, 3.05) is 25.9 Å². The van der Waals surface area contributed by atoms with Gasteiger partial charge in [0.2, 0.25) is 15.9 Å². The number of hydrogen-bond donors (Lipinski definition) is 0. The van der Waals surface area contributed by atoms with E-state index in [1.165, 1.54) is 10.6 Å². The second kappa shape index (κ2) is 8.23. The van der Waals surface area contributed by atoms with Gasteiger partial charge in [0.25, 0.3) is 0 Å². The minimum atomic E-state index is -3.42. The summed E-state index contributed by atoms with van der Waals surface area (Å²) >= 11 is 0. The fourth-order valence-electron chi connectivity index (χ4n) is 4.46. The number of aryl methyl sites for hydroxylation is 3. The van der Waals surface area contributed by atoms with Gasteiger partial charge in [-0.05, 0) is 32.8 Å². The highest BCUT2D eigenvalue weighted by atomic mass is 32.2. The molecule has 9 nitrogen and oxygen atoms in total. The molecular formula is C21H29N5O4S. The fraction of sp³-hybridized carbons (Fsp3) is 0.571. The number of rotatable bonds is 4. The first-order chi connectivity index (χ1) is 14.7. The van der Waals surface area contributed by atoms with Crippen LogP contribution in [0.25, 0.3) is 0 Å². The Morgan fingerprint density at radius 1 is 1.23 bits per heavy atom. The Labute approximate surface area is 183 Å². The van der Waals surface area contributed by atoms with Crippen LogP contribution in [0.3, 0.4) is 0 Å². The zero-order valence-corrected chi connectivity index (χ0v) is 19.1. The minimum absolute atomic E-state index is 0.0127. The molecule has 1 saturated heterocycles. The summed E-state index contributed by atoms with van der Waals surface area (Å²) in [5.74, 6) is 2.18. The molecule has 1 fully saturated rings. The summed E-state index contributed by atoms with van der Waals surface area (Å²) in [5, 5.41) is 4.32. The molecule has 0 saturated carbocycles. The van der Waals surface area contributed by atoms with Crippen molar-refractivity contribution in [2.45, 2.75) is 51.8 Å². The molecule has 1 aromatic carbocycles. The lowest BCUT2D eigenvalue weighted by molar-refractivity contribution is -0.137. The molecule has 1 amide bonds. The van der Waals surface area contributed by atoms with Crippen molar-refractivity contribution in [1.29, 1.82) is 0 Å². The summed E-state index contributed by atoms with van der Waals surface area (Å²) in [6.45, 7) is 5.67. The first-order valence-corrected chi connectivity index (χ1v) is 12.4. The second-order valence-corrected chi connectivity index (χ2v) is 10.5. The maximum atomic E-state index is 13.0. The number of fused-ring (bicyclic) bond motifs is 1. The maximum Gasteiger partial charge on any atom is 0.224 e. The third-order valence-electron chi connectivity index (χ3n) is 5.97. The standard InChI is InChI=1S/C21H29N5O4S/c1-16-22-17(2)26(23-16)12-9-20(27)24-11-6-10-21(14-24)15-25(31(3,28)29)13-18-7-4-5-8-19(18)30-21/h4-5,7-8H,6,9-15H2,1-3H3. The number of piperidine rings is 1. The lowest BCUT2D eigenvalue weighted by atomic mass is 9.92. The number of hydrogen-bond acceptors (Lipinski definition) is 6. The smallest absolute Gasteiger partial charge is 0.224 e. The van der Waals surface area contributed by atoms with Gasteiger partial charge in [-0.2, -0.15) is 9.40 Å². The lowest BCUT2D eigenvalue weighted by Gasteiger charge is -2.43. The highest BCUT2D eigenvalue weighted by Crippen LogP contribution is 2.35. The Balaban J connectivity index is 1.53. The predicted octanol–water partition coefficient (Wildman–Crippen LogP) is 1.50. The van der Waals surface area contributed by atoms with E-state index in [9.17, 15) is 13.2 Å². The van der Waals surface area contributed by atoms with Crippen LogP contribution in [-0.4, -0.2) is 69.8 Å². The van der Waals surface area contributed by atoms with E-state index in [2.05, 4.69) is 10.1 Å². The van der Waals surface area contributed by atoms with Gasteiger partial charge in [-0.15, -0.1) is 0 Å². The van der Waals surface area contributed by atoms with Gasteiger partial charge < -0.3 is 9.64 Å². The number of benzene rings is 1. The van der Waals surface area contributed by atoms with E-state index in [0.29, 0.717) is 44.0 Å². The van der Waals surface area contributed by atoms with Crippen molar-refractivity contribution in [3.8, 4) is 5.75 Å². The molecule has 0 N–H and O–H groups in total. The predicted molar refractivity (Wildman–Crippen MR) is 115 cm³/mol. The van der Waals surface area contributed by atoms with E-state index in [-0.39, 0.29) is 19.0 Å². The summed E-state index contributed by atoms with van der Waals surface area (Å²) in [4.78, 5) is 19.1. The molecule has 4 rings (SSSR count). The zero-order chi connectivity index (χ0) is 22.2. The highest BCUT2D eigenvalue weighted by Gasteiger charge is 2.44. The molecule has 3 heterocycles. The SMILES string of the molecule is Cc1nc(C)n(CCC(=O)N2CCCC3(C2)CN(S(C)(=O)=O)Cc2ccccc2O3)n1. The van der Waals surface area contributed by atoms with Crippen molar-refractivity contribution in [3.05, 3.63) is 41.5 Å². The lowest BCUT2D eigenvalue weighted by Crippen LogP contribution is -2.58. The zero-order valence-electron chi connectivity index (χ0n) is 18.2. The normalized spacial score (nSPS) is 22.1. The van der Waals surface area contributed by atoms with Gasteiger partial charge in [0.15, 0.2) is 0 Å². The summed E-state index contributed by atoms with van der Waals surface area (Å²) < 4.78 is 34.6. The fourth-order valence-corrected chi connectivity index (χ4v) is 5.30. The molecule has 1 spiro atoms. The summed E-state index contributed by atoms with van der Waals surface area (Å²) in [6, 6.07) is 7.53. The van der Waals surface area contributed by atoms with Crippen LogP contribution in [-0.2, 0) is 27.9 Å².